The molecule has 1 aliphatic carbocycles. The molecule has 0 bridgehead atoms. The quantitative estimate of drug-likeness (QED) is 0.0441. The highest BCUT2D eigenvalue weighted by molar-refractivity contribution is 6.74. The number of benzene rings is 5. The van der Waals surface area contributed by atoms with Crippen LogP contribution in [0.4, 0.5) is 10.5 Å². The first kappa shape index (κ1) is 51.9. The van der Waals surface area contributed by atoms with Crippen LogP contribution in [0.3, 0.4) is 0 Å². The van der Waals surface area contributed by atoms with Crippen LogP contribution in [0.5, 0.6) is 11.5 Å². The van der Waals surface area contributed by atoms with Crippen LogP contribution in [0.25, 0.3) is 28.1 Å². The third-order valence-corrected chi connectivity index (χ3v) is 17.9. The van der Waals surface area contributed by atoms with Crippen molar-refractivity contribution in [3.8, 4) is 22.6 Å². The number of carbonyl (C=O) groups is 1. The summed E-state index contributed by atoms with van der Waals surface area (Å²) in [5.41, 5.74) is 7.51. The molecule has 1 aromatic heterocycles. The molecule has 1 amide bonds. The number of aromatic amines is 1. The normalized spacial score (nSPS) is 16.0. The largest absolute Gasteiger partial charge is 0.493 e. The summed E-state index contributed by atoms with van der Waals surface area (Å²) in [6, 6.07) is 42.5. The third-order valence-electron chi connectivity index (χ3n) is 13.4. The highest BCUT2D eigenvalue weighted by atomic mass is 28.4. The molecule has 1 atom stereocenters. The second kappa shape index (κ2) is 23.8. The van der Waals surface area contributed by atoms with E-state index in [0.717, 1.165) is 89.7 Å². The second-order valence-corrected chi connectivity index (χ2v) is 25.9. The third kappa shape index (κ3) is 15.0. The van der Waals surface area contributed by atoms with E-state index in [1.165, 1.54) is 5.56 Å². The first-order valence-electron chi connectivity index (χ1n) is 25.0. The highest BCUT2D eigenvalue weighted by Crippen LogP contribution is 2.41. The number of pyridine rings is 1. The maximum absolute atomic E-state index is 13.2. The lowest BCUT2D eigenvalue weighted by Crippen LogP contribution is -2.46. The van der Waals surface area contributed by atoms with Crippen molar-refractivity contribution in [2.24, 2.45) is 0 Å². The van der Waals surface area contributed by atoms with Crippen molar-refractivity contribution < 1.29 is 23.4 Å². The summed E-state index contributed by atoms with van der Waals surface area (Å²) in [4.78, 5) is 28.9. The van der Waals surface area contributed by atoms with Gasteiger partial charge in [0.2, 0.25) is 5.56 Å². The number of aromatic nitrogens is 1. The zero-order valence-electron chi connectivity index (χ0n) is 42.5. The molecule has 1 saturated carbocycles. The minimum absolute atomic E-state index is 0.00718. The fourth-order valence-electron chi connectivity index (χ4n) is 8.68. The van der Waals surface area contributed by atoms with Gasteiger partial charge in [0, 0.05) is 35.1 Å². The predicted molar refractivity (Wildman–Crippen MR) is 289 cm³/mol. The van der Waals surface area contributed by atoms with Crippen molar-refractivity contribution in [2.75, 3.05) is 25.0 Å². The number of anilines is 1. The molecule has 5 aromatic carbocycles. The Morgan fingerprint density at radius 1 is 0.800 bits per heavy atom. The topological polar surface area (TPSA) is 123 Å². The Bertz CT molecular complexity index is 2700. The summed E-state index contributed by atoms with van der Waals surface area (Å²) in [5.74, 6) is 1.46. The van der Waals surface area contributed by atoms with E-state index in [1.54, 1.807) is 6.07 Å². The minimum atomic E-state index is -2.20. The molecule has 10 nitrogen and oxygen atoms in total. The Labute approximate surface area is 416 Å². The fraction of sp³-hybridized carbons (Fsp3) is 0.390. The molecule has 0 unspecified atom stereocenters. The summed E-state index contributed by atoms with van der Waals surface area (Å²) in [7, 11) is -2.20. The lowest BCUT2D eigenvalue weighted by atomic mass is 9.91. The molecule has 370 valence electrons. The summed E-state index contributed by atoms with van der Waals surface area (Å²) < 4.78 is 25.5. The molecule has 1 fully saturated rings. The number of nitrogens with one attached hydrogen (secondary N) is 4. The molecule has 1 aliphatic rings. The molecule has 1 heterocycles. The summed E-state index contributed by atoms with van der Waals surface area (Å²) >= 11 is 0. The lowest BCUT2D eigenvalue weighted by Gasteiger charge is -2.39. The van der Waals surface area contributed by atoms with Crippen molar-refractivity contribution in [1.82, 2.24) is 15.6 Å². The number of hydrogen-bond acceptors (Lipinski definition) is 8. The smallest absolute Gasteiger partial charge is 0.411 e. The van der Waals surface area contributed by atoms with E-state index in [-0.39, 0.29) is 28.3 Å². The van der Waals surface area contributed by atoms with Gasteiger partial charge in [0.25, 0.3) is 0 Å². The van der Waals surface area contributed by atoms with Gasteiger partial charge in [-0.1, -0.05) is 124 Å². The molecule has 7 rings (SSSR count). The Balaban J connectivity index is 0.912. The molecule has 0 radical (unpaired) electrons. The molecular weight excluding hydrogens is 889 g/mol. The van der Waals surface area contributed by atoms with Crippen LogP contribution in [0.1, 0.15) is 102 Å². The van der Waals surface area contributed by atoms with Gasteiger partial charge in [-0.05, 0) is 142 Å². The predicted octanol–water partition coefficient (Wildman–Crippen LogP) is 13.4. The number of carbonyl (C=O) groups excluding carboxylic acids is 1. The first-order chi connectivity index (χ1) is 33.5. The molecule has 11 heteroatoms. The standard InChI is InChI=1S/C59H74N4O6Si/c1-58(2,3)63-46-25-29-48(30-26-46)68-57(65)61-52-39-43(24-31-49(52)45-20-13-10-14-21-45)17-15-16-38-66-47-27-22-42(23-28-47)36-37-60-40-54(69-70(7,8)59(4,5)6)50-32-34-53(56-51(50)33-35-55(64)62-56)67-41-44-18-11-9-12-19-44/h9-15,17-24,27-28,31-35,39,46,48,54,60,63H,16,25-26,29-30,36-38,40-41H2,1-8H3,(H,61,65)(H,62,64)/b17-15+/t46?,48?,54-/m0/s1. The van der Waals surface area contributed by atoms with Gasteiger partial charge in [-0.15, -0.1) is 0 Å². The van der Waals surface area contributed by atoms with Gasteiger partial charge in [0.15, 0.2) is 8.32 Å². The number of amides is 1. The summed E-state index contributed by atoms with van der Waals surface area (Å²) in [5, 5.41) is 11.4. The van der Waals surface area contributed by atoms with Gasteiger partial charge in [-0.3, -0.25) is 10.1 Å². The van der Waals surface area contributed by atoms with Gasteiger partial charge in [-0.25, -0.2) is 4.79 Å². The van der Waals surface area contributed by atoms with Crippen LogP contribution in [0.2, 0.25) is 18.1 Å². The molecule has 0 aliphatic heterocycles. The zero-order chi connectivity index (χ0) is 49.7. The van der Waals surface area contributed by atoms with E-state index in [0.29, 0.717) is 37.1 Å². The van der Waals surface area contributed by atoms with E-state index in [2.05, 4.69) is 118 Å². The van der Waals surface area contributed by atoms with Gasteiger partial charge in [0.05, 0.1) is 23.9 Å². The number of hydrogen-bond donors (Lipinski definition) is 4. The Morgan fingerprint density at radius 2 is 1.51 bits per heavy atom. The summed E-state index contributed by atoms with van der Waals surface area (Å²) in [6.07, 6.45) is 8.65. The van der Waals surface area contributed by atoms with Crippen molar-refractivity contribution in [3.63, 3.8) is 0 Å². The van der Waals surface area contributed by atoms with E-state index in [4.69, 9.17) is 18.6 Å². The van der Waals surface area contributed by atoms with Crippen LogP contribution in [0, 0.1) is 0 Å². The van der Waals surface area contributed by atoms with E-state index in [9.17, 15) is 9.59 Å². The minimum Gasteiger partial charge on any atom is -0.493 e. The van der Waals surface area contributed by atoms with E-state index < -0.39 is 14.4 Å². The number of fused-ring (bicyclic) bond motifs is 1. The average molecular weight is 963 g/mol. The van der Waals surface area contributed by atoms with Crippen LogP contribution < -0.4 is 31.0 Å². The summed E-state index contributed by atoms with van der Waals surface area (Å²) in [6.45, 7) is 20.2. The van der Waals surface area contributed by atoms with Crippen molar-refractivity contribution in [3.05, 3.63) is 166 Å². The molecule has 0 spiro atoms. The van der Waals surface area contributed by atoms with Gasteiger partial charge < -0.3 is 34.3 Å². The Hall–Kier alpha value is -5.98. The zero-order valence-corrected chi connectivity index (χ0v) is 43.5. The highest BCUT2D eigenvalue weighted by Gasteiger charge is 2.40. The molecular formula is C59H74N4O6Si. The maximum atomic E-state index is 13.2. The molecule has 0 saturated heterocycles. The van der Waals surface area contributed by atoms with Gasteiger partial charge in [-0.2, -0.15) is 0 Å². The van der Waals surface area contributed by atoms with Crippen LogP contribution >= 0.6 is 0 Å². The average Bonchev–Trinajstić information content (AvgIpc) is 3.32. The number of H-pyrrole nitrogens is 1. The Kier molecular flexibility index (Phi) is 17.6. The maximum Gasteiger partial charge on any atom is 0.411 e. The van der Waals surface area contributed by atoms with Crippen LogP contribution in [0.15, 0.2) is 138 Å². The SMILES string of the molecule is CC(C)(C)NC1CCC(OC(=O)Nc2cc(/C=C/CCOc3ccc(CCNC[C@H](O[Si](C)(C)C(C)(C)C)c4ccc(OCc5ccccc5)c5[nH]c(=O)ccc45)cc3)ccc2-c2ccccc2)CC1. The van der Waals surface area contributed by atoms with E-state index >= 15 is 0 Å². The van der Waals surface area contributed by atoms with Crippen LogP contribution in [-0.2, 0) is 22.2 Å². The monoisotopic (exact) mass is 963 g/mol. The van der Waals surface area contributed by atoms with Crippen LogP contribution in [-0.4, -0.2) is 56.8 Å². The number of rotatable bonds is 20. The molecule has 70 heavy (non-hydrogen) atoms. The van der Waals surface area contributed by atoms with Crippen molar-refractivity contribution in [1.29, 1.82) is 0 Å². The fourth-order valence-corrected chi connectivity index (χ4v) is 9.96. The number of ether oxygens (including phenoxy) is 3. The molecule has 6 aromatic rings. The first-order valence-corrected chi connectivity index (χ1v) is 27.9. The van der Waals surface area contributed by atoms with Gasteiger partial charge >= 0.3 is 6.09 Å². The lowest BCUT2D eigenvalue weighted by molar-refractivity contribution is 0.0762. The van der Waals surface area contributed by atoms with E-state index in [1.807, 2.05) is 91.0 Å². The van der Waals surface area contributed by atoms with Crippen molar-refractivity contribution in [2.45, 2.75) is 129 Å². The Morgan fingerprint density at radius 3 is 2.21 bits per heavy atom. The van der Waals surface area contributed by atoms with Crippen molar-refractivity contribution >= 4 is 37.1 Å². The second-order valence-electron chi connectivity index (χ2n) is 21.1. The molecule has 4 N–H and O–H groups in total. The van der Waals surface area contributed by atoms with Gasteiger partial charge in [0.1, 0.15) is 24.2 Å².